The lowest BCUT2D eigenvalue weighted by Gasteiger charge is -2.04. The summed E-state index contributed by atoms with van der Waals surface area (Å²) in [6, 6.07) is 9.90. The van der Waals surface area contributed by atoms with E-state index in [1.165, 1.54) is 16.4 Å². The Bertz CT molecular complexity index is 520. The quantitative estimate of drug-likeness (QED) is 0.833. The van der Waals surface area contributed by atoms with E-state index < -0.39 is 5.97 Å². The minimum atomic E-state index is -1.05. The lowest BCUT2D eigenvalue weighted by atomic mass is 10.1. The van der Waals surface area contributed by atoms with Crippen molar-refractivity contribution in [1.82, 2.24) is 9.78 Å². The van der Waals surface area contributed by atoms with Crippen molar-refractivity contribution >= 4 is 11.8 Å². The Morgan fingerprint density at radius 2 is 2.06 bits per heavy atom. The van der Waals surface area contributed by atoms with Gasteiger partial charge in [0.25, 0.3) is 0 Å². The normalized spacial score (nSPS) is 10.4. The number of nitrogen functional groups attached to an aromatic ring is 1. The summed E-state index contributed by atoms with van der Waals surface area (Å²) in [5.41, 5.74) is 6.91. The summed E-state index contributed by atoms with van der Waals surface area (Å²) in [5.74, 6) is -0.845. The summed E-state index contributed by atoms with van der Waals surface area (Å²) in [7, 11) is 0. The number of hydrogen-bond donors (Lipinski definition) is 2. The van der Waals surface area contributed by atoms with E-state index in [2.05, 4.69) is 5.10 Å². The van der Waals surface area contributed by atoms with E-state index in [4.69, 9.17) is 10.8 Å². The van der Waals surface area contributed by atoms with Crippen molar-refractivity contribution in [3.05, 3.63) is 47.7 Å². The number of carbonyl (C=O) groups is 1. The van der Waals surface area contributed by atoms with Crippen LogP contribution in [0, 0.1) is 0 Å². The number of aromatic nitrogens is 2. The molecule has 0 bridgehead atoms. The predicted molar refractivity (Wildman–Crippen MR) is 63.7 cm³/mol. The molecule has 5 heteroatoms. The highest BCUT2D eigenvalue weighted by Gasteiger charge is 2.13. The minimum Gasteiger partial charge on any atom is -0.477 e. The van der Waals surface area contributed by atoms with E-state index in [0.717, 1.165) is 6.42 Å². The summed E-state index contributed by atoms with van der Waals surface area (Å²) in [5, 5.41) is 12.8. The fourth-order valence-electron chi connectivity index (χ4n) is 1.62. The van der Waals surface area contributed by atoms with Crippen LogP contribution in [0.1, 0.15) is 15.9 Å². The second-order valence-corrected chi connectivity index (χ2v) is 3.71. The molecule has 1 aromatic heterocycles. The molecule has 88 valence electrons. The standard InChI is InChI=1S/C12H13N3O2/c13-11-10(12(16)17)8-14-15(11)7-6-9-4-2-1-3-5-9/h1-5,8H,6-7,13H2,(H,16,17). The molecule has 0 unspecified atom stereocenters. The third-order valence-electron chi connectivity index (χ3n) is 2.57. The summed E-state index contributed by atoms with van der Waals surface area (Å²) in [6.45, 7) is 0.573. The maximum Gasteiger partial charge on any atom is 0.341 e. The molecule has 0 atom stereocenters. The van der Waals surface area contributed by atoms with Gasteiger partial charge in [-0.15, -0.1) is 0 Å². The van der Waals surface area contributed by atoms with Gasteiger partial charge in [0, 0.05) is 6.54 Å². The highest BCUT2D eigenvalue weighted by molar-refractivity contribution is 5.92. The number of nitrogens with two attached hydrogens (primary N) is 1. The lowest BCUT2D eigenvalue weighted by molar-refractivity contribution is 0.0698. The zero-order valence-electron chi connectivity index (χ0n) is 9.21. The van der Waals surface area contributed by atoms with Crippen molar-refractivity contribution < 1.29 is 9.90 Å². The predicted octanol–water partition coefficient (Wildman–Crippen LogP) is 1.41. The Hall–Kier alpha value is -2.30. The van der Waals surface area contributed by atoms with Crippen LogP contribution in [0.15, 0.2) is 36.5 Å². The lowest BCUT2D eigenvalue weighted by Crippen LogP contribution is -2.09. The Morgan fingerprint density at radius 1 is 1.35 bits per heavy atom. The van der Waals surface area contributed by atoms with Gasteiger partial charge in [-0.1, -0.05) is 30.3 Å². The molecule has 3 N–H and O–H groups in total. The van der Waals surface area contributed by atoms with Crippen LogP contribution in [0.2, 0.25) is 0 Å². The second kappa shape index (κ2) is 4.69. The van der Waals surface area contributed by atoms with Crippen LogP contribution < -0.4 is 5.73 Å². The Balaban J connectivity index is 2.07. The Labute approximate surface area is 98.5 Å². The van der Waals surface area contributed by atoms with E-state index in [9.17, 15) is 4.79 Å². The fraction of sp³-hybridized carbons (Fsp3) is 0.167. The molecule has 0 aliphatic carbocycles. The summed E-state index contributed by atoms with van der Waals surface area (Å²) >= 11 is 0. The molecule has 2 rings (SSSR count). The van der Waals surface area contributed by atoms with Crippen LogP contribution in [-0.2, 0) is 13.0 Å². The molecule has 5 nitrogen and oxygen atoms in total. The van der Waals surface area contributed by atoms with Crippen LogP contribution >= 0.6 is 0 Å². The molecule has 0 amide bonds. The molecule has 1 heterocycles. The van der Waals surface area contributed by atoms with Crippen molar-refractivity contribution in [2.45, 2.75) is 13.0 Å². The maximum atomic E-state index is 10.8. The van der Waals surface area contributed by atoms with Gasteiger partial charge >= 0.3 is 5.97 Å². The number of rotatable bonds is 4. The van der Waals surface area contributed by atoms with E-state index in [-0.39, 0.29) is 11.4 Å². The van der Waals surface area contributed by atoms with Gasteiger partial charge in [0.1, 0.15) is 11.4 Å². The maximum absolute atomic E-state index is 10.8. The van der Waals surface area contributed by atoms with E-state index in [1.807, 2.05) is 30.3 Å². The SMILES string of the molecule is Nc1c(C(=O)O)cnn1CCc1ccccc1. The van der Waals surface area contributed by atoms with Gasteiger partial charge in [0.2, 0.25) is 0 Å². The number of nitrogens with zero attached hydrogens (tertiary/aromatic N) is 2. The van der Waals surface area contributed by atoms with Gasteiger partial charge in [-0.05, 0) is 12.0 Å². The number of hydrogen-bond acceptors (Lipinski definition) is 3. The molecule has 2 aromatic rings. The average Bonchev–Trinajstić information content (AvgIpc) is 2.69. The molecule has 1 aromatic carbocycles. The summed E-state index contributed by atoms with van der Waals surface area (Å²) < 4.78 is 1.51. The highest BCUT2D eigenvalue weighted by atomic mass is 16.4. The molecule has 0 spiro atoms. The molecule has 17 heavy (non-hydrogen) atoms. The van der Waals surface area contributed by atoms with E-state index >= 15 is 0 Å². The fourth-order valence-corrected chi connectivity index (χ4v) is 1.62. The van der Waals surface area contributed by atoms with Gasteiger partial charge in [-0.2, -0.15) is 5.10 Å². The first-order valence-electron chi connectivity index (χ1n) is 5.27. The first kappa shape index (κ1) is 11.2. The van der Waals surface area contributed by atoms with Gasteiger partial charge in [-0.25, -0.2) is 9.48 Å². The van der Waals surface area contributed by atoms with Crippen LogP contribution in [-0.4, -0.2) is 20.9 Å². The molecule has 0 radical (unpaired) electrons. The van der Waals surface area contributed by atoms with Gasteiger partial charge < -0.3 is 10.8 Å². The van der Waals surface area contributed by atoms with Crippen LogP contribution in [0.4, 0.5) is 5.82 Å². The number of aryl methyl sites for hydroxylation is 2. The molecular weight excluding hydrogens is 218 g/mol. The first-order chi connectivity index (χ1) is 8.18. The summed E-state index contributed by atoms with van der Waals surface area (Å²) in [4.78, 5) is 10.8. The van der Waals surface area contributed by atoms with Gasteiger partial charge in [-0.3, -0.25) is 0 Å². The van der Waals surface area contributed by atoms with Crippen molar-refractivity contribution in [2.75, 3.05) is 5.73 Å². The molecule has 0 aliphatic rings. The monoisotopic (exact) mass is 231 g/mol. The molecule has 0 fully saturated rings. The number of carboxylic acids is 1. The zero-order valence-corrected chi connectivity index (χ0v) is 9.21. The van der Waals surface area contributed by atoms with Crippen molar-refractivity contribution in [3.63, 3.8) is 0 Å². The first-order valence-corrected chi connectivity index (χ1v) is 5.27. The number of aromatic carboxylic acids is 1. The topological polar surface area (TPSA) is 81.1 Å². The van der Waals surface area contributed by atoms with Crippen LogP contribution in [0.25, 0.3) is 0 Å². The third-order valence-corrected chi connectivity index (χ3v) is 2.57. The number of benzene rings is 1. The van der Waals surface area contributed by atoms with Crippen molar-refractivity contribution in [1.29, 1.82) is 0 Å². The van der Waals surface area contributed by atoms with Gasteiger partial charge in [0.15, 0.2) is 0 Å². The van der Waals surface area contributed by atoms with Gasteiger partial charge in [0.05, 0.1) is 6.20 Å². The summed E-state index contributed by atoms with van der Waals surface area (Å²) in [6.07, 6.45) is 2.05. The van der Waals surface area contributed by atoms with Crippen LogP contribution in [0.3, 0.4) is 0 Å². The third kappa shape index (κ3) is 2.44. The van der Waals surface area contributed by atoms with E-state index in [1.54, 1.807) is 0 Å². The molecule has 0 aliphatic heterocycles. The molecule has 0 saturated heterocycles. The smallest absolute Gasteiger partial charge is 0.341 e. The largest absolute Gasteiger partial charge is 0.477 e. The number of carboxylic acid groups (broad SMARTS) is 1. The number of anilines is 1. The van der Waals surface area contributed by atoms with Crippen LogP contribution in [0.5, 0.6) is 0 Å². The Kier molecular flexibility index (Phi) is 3.09. The molecule has 0 saturated carbocycles. The Morgan fingerprint density at radius 3 is 2.65 bits per heavy atom. The zero-order chi connectivity index (χ0) is 12.3. The van der Waals surface area contributed by atoms with Crippen molar-refractivity contribution in [3.8, 4) is 0 Å². The molecular formula is C12H13N3O2. The highest BCUT2D eigenvalue weighted by Crippen LogP contribution is 2.11. The van der Waals surface area contributed by atoms with E-state index in [0.29, 0.717) is 6.54 Å². The average molecular weight is 231 g/mol. The second-order valence-electron chi connectivity index (χ2n) is 3.71. The van der Waals surface area contributed by atoms with Crippen molar-refractivity contribution in [2.24, 2.45) is 0 Å². The minimum absolute atomic E-state index is 0.0538.